The molecule has 16 heavy (non-hydrogen) atoms. The number of amides is 1. The summed E-state index contributed by atoms with van der Waals surface area (Å²) in [6.07, 6.45) is 0. The van der Waals surface area contributed by atoms with Gasteiger partial charge in [-0.05, 0) is 12.1 Å². The van der Waals surface area contributed by atoms with Crippen molar-refractivity contribution >= 4 is 17.6 Å². The van der Waals surface area contributed by atoms with Gasteiger partial charge in [0, 0.05) is 6.92 Å². The molecule has 0 spiro atoms. The van der Waals surface area contributed by atoms with Gasteiger partial charge in [0.1, 0.15) is 12.3 Å². The molecule has 0 aliphatic heterocycles. The topological polar surface area (TPSA) is 66.8 Å². The third-order valence-electron chi connectivity index (χ3n) is 2.07. The van der Waals surface area contributed by atoms with Crippen LogP contribution in [0.25, 0.3) is 0 Å². The van der Waals surface area contributed by atoms with Crippen LogP contribution in [0.5, 0.6) is 5.75 Å². The van der Waals surface area contributed by atoms with Gasteiger partial charge in [-0.2, -0.15) is 0 Å². The minimum absolute atomic E-state index is 0.0541. The fourth-order valence-electron chi connectivity index (χ4n) is 1.25. The Labute approximate surface area is 93.2 Å². The van der Waals surface area contributed by atoms with Gasteiger partial charge >= 0.3 is 5.97 Å². The molecule has 1 aromatic carbocycles. The van der Waals surface area contributed by atoms with E-state index in [9.17, 15) is 14.7 Å². The third-order valence-corrected chi connectivity index (χ3v) is 2.07. The Balaban J connectivity index is 2.99. The van der Waals surface area contributed by atoms with Gasteiger partial charge in [0.15, 0.2) is 0 Å². The fraction of sp³-hybridized carbons (Fsp3) is 0.273. The van der Waals surface area contributed by atoms with Crippen LogP contribution in [-0.2, 0) is 14.3 Å². The number of phenolic OH excluding ortho intramolecular Hbond substituents is 1. The Hall–Kier alpha value is -2.04. The lowest BCUT2D eigenvalue weighted by molar-refractivity contribution is -0.139. The van der Waals surface area contributed by atoms with Crippen LogP contribution in [0.15, 0.2) is 24.3 Å². The van der Waals surface area contributed by atoms with Crippen LogP contribution < -0.4 is 4.90 Å². The van der Waals surface area contributed by atoms with Crippen LogP contribution in [0.3, 0.4) is 0 Å². The fourth-order valence-corrected chi connectivity index (χ4v) is 1.25. The average molecular weight is 223 g/mol. The second kappa shape index (κ2) is 5.16. The monoisotopic (exact) mass is 223 g/mol. The minimum atomic E-state index is -0.543. The molecule has 1 rings (SSSR count). The molecule has 1 amide bonds. The first-order chi connectivity index (χ1) is 7.56. The molecule has 0 unspecified atom stereocenters. The molecule has 0 heterocycles. The smallest absolute Gasteiger partial charge is 0.325 e. The molecular weight excluding hydrogens is 210 g/mol. The summed E-state index contributed by atoms with van der Waals surface area (Å²) in [6, 6.07) is 6.31. The summed E-state index contributed by atoms with van der Waals surface area (Å²) in [6.45, 7) is 1.10. The maximum Gasteiger partial charge on any atom is 0.325 e. The summed E-state index contributed by atoms with van der Waals surface area (Å²) < 4.78 is 4.48. The van der Waals surface area contributed by atoms with Crippen molar-refractivity contribution in [2.75, 3.05) is 18.6 Å². The van der Waals surface area contributed by atoms with Crippen LogP contribution in [0.1, 0.15) is 6.92 Å². The van der Waals surface area contributed by atoms with Crippen molar-refractivity contribution in [1.82, 2.24) is 0 Å². The number of methoxy groups -OCH3 is 1. The Bertz CT molecular complexity index is 403. The SMILES string of the molecule is COC(=O)CN(C(C)=O)c1ccccc1O. The van der Waals surface area contributed by atoms with Gasteiger partial charge in [-0.25, -0.2) is 0 Å². The summed E-state index contributed by atoms with van der Waals surface area (Å²) in [7, 11) is 1.24. The van der Waals surface area contributed by atoms with Crippen molar-refractivity contribution in [3.05, 3.63) is 24.3 Å². The van der Waals surface area contributed by atoms with E-state index >= 15 is 0 Å². The first-order valence-corrected chi connectivity index (χ1v) is 4.69. The predicted octanol–water partition coefficient (Wildman–Crippen LogP) is 0.918. The zero-order valence-electron chi connectivity index (χ0n) is 9.14. The highest BCUT2D eigenvalue weighted by Gasteiger charge is 2.18. The quantitative estimate of drug-likeness (QED) is 0.774. The van der Waals surface area contributed by atoms with Gasteiger partial charge in [0.25, 0.3) is 0 Å². The van der Waals surface area contributed by atoms with E-state index in [1.807, 2.05) is 0 Å². The third kappa shape index (κ3) is 2.73. The number of hydrogen-bond donors (Lipinski definition) is 1. The summed E-state index contributed by atoms with van der Waals surface area (Å²) in [4.78, 5) is 23.6. The molecule has 86 valence electrons. The number of benzene rings is 1. The number of carbonyl (C=O) groups excluding carboxylic acids is 2. The van der Waals surface area contributed by atoms with Gasteiger partial charge in [-0.3, -0.25) is 14.5 Å². The van der Waals surface area contributed by atoms with Crippen molar-refractivity contribution in [3.8, 4) is 5.75 Å². The van der Waals surface area contributed by atoms with Gasteiger partial charge in [0.2, 0.25) is 5.91 Å². The first-order valence-electron chi connectivity index (χ1n) is 4.69. The summed E-state index contributed by atoms with van der Waals surface area (Å²) >= 11 is 0. The molecule has 5 heteroatoms. The molecule has 0 aliphatic rings. The Morgan fingerprint density at radius 3 is 2.50 bits per heavy atom. The number of para-hydroxylation sites is 2. The van der Waals surface area contributed by atoms with Crippen molar-refractivity contribution in [2.24, 2.45) is 0 Å². The normalized spacial score (nSPS) is 9.62. The number of ether oxygens (including phenoxy) is 1. The molecule has 5 nitrogen and oxygen atoms in total. The van der Waals surface area contributed by atoms with Crippen LogP contribution in [-0.4, -0.2) is 30.6 Å². The molecule has 0 saturated heterocycles. The second-order valence-corrected chi connectivity index (χ2v) is 3.17. The number of esters is 1. The van der Waals surface area contributed by atoms with Gasteiger partial charge < -0.3 is 9.84 Å². The van der Waals surface area contributed by atoms with Crippen molar-refractivity contribution in [3.63, 3.8) is 0 Å². The minimum Gasteiger partial charge on any atom is -0.506 e. The Morgan fingerprint density at radius 1 is 1.38 bits per heavy atom. The maximum absolute atomic E-state index is 11.4. The highest BCUT2D eigenvalue weighted by molar-refractivity contribution is 5.97. The van der Waals surface area contributed by atoms with Crippen molar-refractivity contribution < 1.29 is 19.4 Å². The van der Waals surface area contributed by atoms with Crippen molar-refractivity contribution in [2.45, 2.75) is 6.92 Å². The molecule has 0 aliphatic carbocycles. The van der Waals surface area contributed by atoms with Gasteiger partial charge in [-0.1, -0.05) is 12.1 Å². The number of rotatable bonds is 3. The molecule has 0 fully saturated rings. The lowest BCUT2D eigenvalue weighted by Gasteiger charge is -2.20. The van der Waals surface area contributed by atoms with E-state index in [0.717, 1.165) is 4.90 Å². The second-order valence-electron chi connectivity index (χ2n) is 3.17. The maximum atomic E-state index is 11.4. The van der Waals surface area contributed by atoms with E-state index in [2.05, 4.69) is 4.74 Å². The molecule has 1 aromatic rings. The highest BCUT2D eigenvalue weighted by atomic mass is 16.5. The van der Waals surface area contributed by atoms with Gasteiger partial charge in [0.05, 0.1) is 12.8 Å². The molecule has 0 saturated carbocycles. The molecule has 0 aromatic heterocycles. The summed E-state index contributed by atoms with van der Waals surface area (Å²) in [5, 5.41) is 9.57. The number of hydrogen-bond acceptors (Lipinski definition) is 4. The number of carbonyl (C=O) groups is 2. The molecule has 0 bridgehead atoms. The van der Waals surface area contributed by atoms with Crippen molar-refractivity contribution in [1.29, 1.82) is 0 Å². The number of anilines is 1. The summed E-state index contributed by atoms with van der Waals surface area (Å²) in [5.74, 6) is -0.938. The first kappa shape index (κ1) is 12.0. The van der Waals surface area contributed by atoms with Crippen LogP contribution in [0.2, 0.25) is 0 Å². The van der Waals surface area contributed by atoms with E-state index in [1.165, 1.54) is 20.1 Å². The van der Waals surface area contributed by atoms with E-state index in [4.69, 9.17) is 0 Å². The van der Waals surface area contributed by atoms with Gasteiger partial charge in [-0.15, -0.1) is 0 Å². The van der Waals surface area contributed by atoms with Crippen LogP contribution in [0, 0.1) is 0 Å². The van der Waals surface area contributed by atoms with Crippen LogP contribution in [0.4, 0.5) is 5.69 Å². The standard InChI is InChI=1S/C11H13NO4/c1-8(13)12(7-11(15)16-2)9-5-3-4-6-10(9)14/h3-6,14H,7H2,1-2H3. The number of phenols is 1. The lowest BCUT2D eigenvalue weighted by atomic mass is 10.2. The number of nitrogens with zero attached hydrogens (tertiary/aromatic N) is 1. The van der Waals surface area contributed by atoms with E-state index < -0.39 is 5.97 Å². The molecule has 1 N–H and O–H groups in total. The molecular formula is C11H13NO4. The van der Waals surface area contributed by atoms with Crippen LogP contribution >= 0.6 is 0 Å². The van der Waals surface area contributed by atoms with E-state index in [-0.39, 0.29) is 18.2 Å². The molecule has 0 radical (unpaired) electrons. The van der Waals surface area contributed by atoms with E-state index in [0.29, 0.717) is 5.69 Å². The summed E-state index contributed by atoms with van der Waals surface area (Å²) in [5.41, 5.74) is 0.292. The Morgan fingerprint density at radius 2 is 2.00 bits per heavy atom. The molecule has 0 atom stereocenters. The largest absolute Gasteiger partial charge is 0.506 e. The highest BCUT2D eigenvalue weighted by Crippen LogP contribution is 2.26. The Kier molecular flexibility index (Phi) is 3.88. The average Bonchev–Trinajstić information content (AvgIpc) is 2.26. The van der Waals surface area contributed by atoms with E-state index in [1.54, 1.807) is 18.2 Å². The zero-order valence-corrected chi connectivity index (χ0v) is 9.14. The predicted molar refractivity (Wildman–Crippen MR) is 58.1 cm³/mol. The zero-order chi connectivity index (χ0) is 12.1. The lowest BCUT2D eigenvalue weighted by Crippen LogP contribution is -2.34. The number of aromatic hydroxyl groups is 1.